The SMILES string of the molecule is COc1cc2nc(N(C)CCCCCCN(C)C(=O)c3ccc(CNCCCCCCNCCSSCCNCCCCCCNCc4ccc(C(=O)N(C)CCCCCCN(C)c5nc(N)c6cc(OC)c(OC)cc6n5)cc4)cc3)nc(N)c2cc1OC.Cl. The van der Waals surface area contributed by atoms with Gasteiger partial charge in [0.25, 0.3) is 11.8 Å². The maximum absolute atomic E-state index is 13.1. The molecule has 2 amide bonds. The van der Waals surface area contributed by atoms with Gasteiger partial charge in [0.1, 0.15) is 11.6 Å². The zero-order chi connectivity index (χ0) is 64.3. The minimum atomic E-state index is 0. The molecule has 8 N–H and O–H groups in total. The van der Waals surface area contributed by atoms with E-state index in [4.69, 9.17) is 40.4 Å². The number of carbonyl (C=O) groups is 2. The van der Waals surface area contributed by atoms with E-state index in [2.05, 4.69) is 55.5 Å². The van der Waals surface area contributed by atoms with Crippen LogP contribution in [0, 0.1) is 0 Å². The van der Waals surface area contributed by atoms with E-state index in [0.717, 1.165) is 163 Å². The van der Waals surface area contributed by atoms with Crippen molar-refractivity contribution < 1.29 is 28.5 Å². The summed E-state index contributed by atoms with van der Waals surface area (Å²) in [7, 11) is 18.1. The van der Waals surface area contributed by atoms with Crippen molar-refractivity contribution in [2.45, 2.75) is 116 Å². The molecule has 0 saturated carbocycles. The van der Waals surface area contributed by atoms with E-state index >= 15 is 0 Å². The first kappa shape index (κ1) is 75.4. The van der Waals surface area contributed by atoms with Crippen LogP contribution in [-0.4, -0.2) is 175 Å². The van der Waals surface area contributed by atoms with E-state index in [0.29, 0.717) is 57.6 Å². The molecular weight excluding hydrogens is 1210 g/mol. The molecule has 0 atom stereocenters. The minimum Gasteiger partial charge on any atom is -0.493 e. The summed E-state index contributed by atoms with van der Waals surface area (Å²) in [5, 5.41) is 15.8. The highest BCUT2D eigenvalue weighted by Gasteiger charge is 2.18. The van der Waals surface area contributed by atoms with E-state index in [1.165, 1.54) is 62.5 Å². The Kier molecular flexibility index (Phi) is 35.5. The van der Waals surface area contributed by atoms with Gasteiger partial charge in [0.2, 0.25) is 11.9 Å². The van der Waals surface area contributed by atoms with E-state index in [1.54, 1.807) is 40.6 Å². The first-order chi connectivity index (χ1) is 43.8. The van der Waals surface area contributed by atoms with Gasteiger partial charge in [-0.05, 0) is 125 Å². The van der Waals surface area contributed by atoms with Gasteiger partial charge in [0, 0.05) is 126 Å². The quantitative estimate of drug-likeness (QED) is 0.0154. The second-order valence-electron chi connectivity index (χ2n) is 23.1. The molecule has 0 aliphatic heterocycles. The van der Waals surface area contributed by atoms with Crippen LogP contribution in [0.5, 0.6) is 23.0 Å². The number of methoxy groups -OCH3 is 4. The Balaban J connectivity index is 0.0000150. The predicted octanol–water partition coefficient (Wildman–Crippen LogP) is 11.3. The normalized spacial score (nSPS) is 11.2. The molecule has 0 saturated heterocycles. The summed E-state index contributed by atoms with van der Waals surface area (Å²) in [6.07, 6.45) is 17.7. The lowest BCUT2D eigenvalue weighted by molar-refractivity contribution is 0.0785. The van der Waals surface area contributed by atoms with Crippen LogP contribution in [0.3, 0.4) is 0 Å². The number of amides is 2. The zero-order valence-corrected chi connectivity index (χ0v) is 58.0. The second-order valence-corrected chi connectivity index (χ2v) is 25.8. The molecule has 23 heteroatoms. The average Bonchev–Trinajstić information content (AvgIpc) is 0.893. The van der Waals surface area contributed by atoms with E-state index in [-0.39, 0.29) is 24.2 Å². The van der Waals surface area contributed by atoms with Crippen LogP contribution in [-0.2, 0) is 13.1 Å². The number of unbranched alkanes of at least 4 members (excludes halogenated alkanes) is 12. The Morgan fingerprint density at radius 3 is 1.09 bits per heavy atom. The number of fused-ring (bicyclic) bond motifs is 2. The van der Waals surface area contributed by atoms with E-state index in [9.17, 15) is 9.59 Å². The van der Waals surface area contributed by atoms with Crippen molar-refractivity contribution in [1.29, 1.82) is 0 Å². The van der Waals surface area contributed by atoms with Gasteiger partial charge in [0.15, 0.2) is 23.0 Å². The van der Waals surface area contributed by atoms with Crippen LogP contribution in [0.2, 0.25) is 0 Å². The molecule has 0 radical (unpaired) electrons. The van der Waals surface area contributed by atoms with Gasteiger partial charge in [-0.3, -0.25) is 9.59 Å². The lowest BCUT2D eigenvalue weighted by Crippen LogP contribution is -2.27. The summed E-state index contributed by atoms with van der Waals surface area (Å²) in [6, 6.07) is 23.3. The molecule has 0 aliphatic carbocycles. The first-order valence-corrected chi connectivity index (χ1v) is 34.9. The Morgan fingerprint density at radius 2 is 0.736 bits per heavy atom. The number of halogens is 1. The van der Waals surface area contributed by atoms with Crippen molar-refractivity contribution >= 4 is 91.1 Å². The van der Waals surface area contributed by atoms with Crippen molar-refractivity contribution in [2.75, 3.05) is 155 Å². The maximum Gasteiger partial charge on any atom is 0.253 e. The maximum atomic E-state index is 13.1. The van der Waals surface area contributed by atoms with Crippen molar-refractivity contribution in [3.05, 3.63) is 95.1 Å². The van der Waals surface area contributed by atoms with Gasteiger partial charge in [-0.2, -0.15) is 9.97 Å². The number of carbonyl (C=O) groups excluding carboxylic acids is 2. The molecule has 0 bridgehead atoms. The third-order valence-corrected chi connectivity index (χ3v) is 18.5. The number of hydrogen-bond donors (Lipinski definition) is 6. The summed E-state index contributed by atoms with van der Waals surface area (Å²) in [4.78, 5) is 52.5. The molecular formula is C68H105ClN14O6S2. The zero-order valence-electron chi connectivity index (χ0n) is 55.5. The summed E-state index contributed by atoms with van der Waals surface area (Å²) in [6.45, 7) is 10.9. The Morgan fingerprint density at radius 1 is 0.418 bits per heavy atom. The summed E-state index contributed by atoms with van der Waals surface area (Å²) < 4.78 is 21.7. The van der Waals surface area contributed by atoms with Crippen LogP contribution in [0.1, 0.15) is 135 Å². The third-order valence-electron chi connectivity index (χ3n) is 16.1. The lowest BCUT2D eigenvalue weighted by atomic mass is 10.1. The van der Waals surface area contributed by atoms with Gasteiger partial charge < -0.3 is 71.3 Å². The van der Waals surface area contributed by atoms with Gasteiger partial charge in [-0.25, -0.2) is 9.97 Å². The Labute approximate surface area is 556 Å². The predicted molar refractivity (Wildman–Crippen MR) is 383 cm³/mol. The number of nitrogen functional groups attached to an aromatic ring is 2. The van der Waals surface area contributed by atoms with Gasteiger partial charge in [-0.15, -0.1) is 12.4 Å². The fourth-order valence-corrected chi connectivity index (χ4v) is 12.4. The highest BCUT2D eigenvalue weighted by Crippen LogP contribution is 2.35. The number of ether oxygens (including phenoxy) is 4. The Bertz CT molecular complexity index is 2860. The fraction of sp³-hybridized carbons (Fsp3) is 0.559. The third kappa shape index (κ3) is 26.0. The Hall–Kier alpha value is -6.27. The molecule has 2 aromatic heterocycles. The number of benzene rings is 4. The van der Waals surface area contributed by atoms with Crippen molar-refractivity contribution in [1.82, 2.24) is 51.0 Å². The minimum absolute atomic E-state index is 0. The molecule has 91 heavy (non-hydrogen) atoms. The van der Waals surface area contributed by atoms with Gasteiger partial charge in [-0.1, -0.05) is 97.2 Å². The number of nitrogens with two attached hydrogens (primary N) is 2. The largest absolute Gasteiger partial charge is 0.493 e. The summed E-state index contributed by atoms with van der Waals surface area (Å²) >= 11 is 0. The topological polar surface area (TPSA) is 236 Å². The fourth-order valence-electron chi connectivity index (χ4n) is 10.5. The number of aromatic nitrogens is 4. The van der Waals surface area contributed by atoms with Crippen molar-refractivity contribution in [3.63, 3.8) is 0 Å². The van der Waals surface area contributed by atoms with Crippen LogP contribution >= 0.6 is 34.0 Å². The molecule has 20 nitrogen and oxygen atoms in total. The highest BCUT2D eigenvalue weighted by molar-refractivity contribution is 8.76. The molecule has 6 aromatic rings. The molecule has 6 rings (SSSR count). The number of anilines is 4. The van der Waals surface area contributed by atoms with Gasteiger partial charge in [0.05, 0.1) is 39.5 Å². The molecule has 0 unspecified atom stereocenters. The molecule has 2 heterocycles. The van der Waals surface area contributed by atoms with Crippen LogP contribution in [0.25, 0.3) is 21.8 Å². The van der Waals surface area contributed by atoms with Gasteiger partial charge >= 0.3 is 0 Å². The van der Waals surface area contributed by atoms with Crippen molar-refractivity contribution in [2.24, 2.45) is 0 Å². The molecule has 4 aromatic carbocycles. The molecule has 0 fully saturated rings. The lowest BCUT2D eigenvalue weighted by Gasteiger charge is -2.19. The molecule has 0 aliphatic rings. The highest BCUT2D eigenvalue weighted by atomic mass is 35.5. The number of nitrogens with zero attached hydrogens (tertiary/aromatic N) is 8. The van der Waals surface area contributed by atoms with Crippen molar-refractivity contribution in [3.8, 4) is 23.0 Å². The standard InChI is InChI=1S/C68H104N14O6S2.ClH/c1-79(39-21-13-15-23-41-81(3)67-75-57-47-61(87-7)59(85-5)45-55(57)63(69)77-67)65(83)53-29-25-51(26-30-53)49-73-35-19-11-9-17-33-71-37-43-89-90-44-38-72-34-18-10-12-20-36-74-50-52-27-31-54(32-28-52)66(84)80(2)40-22-14-16-24-42-82(4)68-76-58-48-62(88-8)60(86-6)46-56(58)64(70)78-68;/h25-32,45-48,71-74H,9-24,33-44,49-50H2,1-8H3,(H2,69,75,77)(H2,70,76,78);1H. The first-order valence-electron chi connectivity index (χ1n) is 32.4. The van der Waals surface area contributed by atoms with Crippen LogP contribution in [0.15, 0.2) is 72.8 Å². The van der Waals surface area contributed by atoms with E-state index in [1.807, 2.05) is 106 Å². The smallest absolute Gasteiger partial charge is 0.253 e. The van der Waals surface area contributed by atoms with Crippen LogP contribution in [0.4, 0.5) is 23.5 Å². The summed E-state index contributed by atoms with van der Waals surface area (Å²) in [5.74, 6) is 6.73. The molecule has 502 valence electrons. The molecule has 0 spiro atoms. The number of hydrogen-bond acceptors (Lipinski definition) is 20. The van der Waals surface area contributed by atoms with E-state index < -0.39 is 0 Å². The number of rotatable bonds is 47. The second kappa shape index (κ2) is 42.8. The monoisotopic (exact) mass is 1310 g/mol. The number of nitrogens with one attached hydrogen (secondary N) is 4. The summed E-state index contributed by atoms with van der Waals surface area (Å²) in [5.41, 5.74) is 17.9. The average molecular weight is 1310 g/mol. The van der Waals surface area contributed by atoms with Crippen LogP contribution < -0.4 is 61.5 Å².